The Morgan fingerprint density at radius 3 is 2.73 bits per heavy atom. The zero-order valence-corrected chi connectivity index (χ0v) is 10.5. The molecule has 15 heavy (non-hydrogen) atoms. The van der Waals surface area contributed by atoms with Crippen molar-refractivity contribution in [3.63, 3.8) is 0 Å². The van der Waals surface area contributed by atoms with Crippen LogP contribution in [0.4, 0.5) is 0 Å². The van der Waals surface area contributed by atoms with E-state index in [4.69, 9.17) is 9.84 Å². The first-order valence-electron chi connectivity index (χ1n) is 5.25. The molecule has 0 saturated heterocycles. The SMILES string of the molecule is C[C@H](O)CCCCOc1ccccc1Br. The first kappa shape index (κ1) is 12.5. The van der Waals surface area contributed by atoms with Crippen molar-refractivity contribution in [2.24, 2.45) is 0 Å². The number of unbranched alkanes of at least 4 members (excludes halogenated alkanes) is 1. The van der Waals surface area contributed by atoms with Crippen LogP contribution in [0.1, 0.15) is 26.2 Å². The number of hydrogen-bond acceptors (Lipinski definition) is 2. The van der Waals surface area contributed by atoms with Gasteiger partial charge >= 0.3 is 0 Å². The van der Waals surface area contributed by atoms with Crippen LogP contribution in [0.5, 0.6) is 5.75 Å². The third-order valence-electron chi connectivity index (χ3n) is 2.11. The van der Waals surface area contributed by atoms with E-state index in [1.165, 1.54) is 0 Å². The maximum absolute atomic E-state index is 9.06. The van der Waals surface area contributed by atoms with Crippen molar-refractivity contribution in [2.45, 2.75) is 32.3 Å². The minimum atomic E-state index is -0.200. The van der Waals surface area contributed by atoms with Gasteiger partial charge < -0.3 is 9.84 Å². The monoisotopic (exact) mass is 272 g/mol. The summed E-state index contributed by atoms with van der Waals surface area (Å²) in [5.41, 5.74) is 0. The Morgan fingerprint density at radius 1 is 1.33 bits per heavy atom. The predicted octanol–water partition coefficient (Wildman–Crippen LogP) is 3.38. The van der Waals surface area contributed by atoms with Crippen LogP contribution in [0.25, 0.3) is 0 Å². The van der Waals surface area contributed by atoms with E-state index in [2.05, 4.69) is 15.9 Å². The molecule has 1 rings (SSSR count). The highest BCUT2D eigenvalue weighted by Gasteiger charge is 1.99. The van der Waals surface area contributed by atoms with Gasteiger partial charge in [-0.1, -0.05) is 12.1 Å². The molecule has 2 nitrogen and oxygen atoms in total. The molecule has 84 valence electrons. The molecule has 1 aromatic rings. The fraction of sp³-hybridized carbons (Fsp3) is 0.500. The van der Waals surface area contributed by atoms with Crippen LogP contribution in [-0.2, 0) is 0 Å². The van der Waals surface area contributed by atoms with Gasteiger partial charge in [0.1, 0.15) is 5.75 Å². The summed E-state index contributed by atoms with van der Waals surface area (Å²) in [5.74, 6) is 0.884. The summed E-state index contributed by atoms with van der Waals surface area (Å²) >= 11 is 3.42. The molecule has 0 aliphatic heterocycles. The van der Waals surface area contributed by atoms with Crippen LogP contribution >= 0.6 is 15.9 Å². The summed E-state index contributed by atoms with van der Waals surface area (Å²) in [6, 6.07) is 7.82. The van der Waals surface area contributed by atoms with Gasteiger partial charge in [-0.25, -0.2) is 0 Å². The maximum atomic E-state index is 9.06. The number of rotatable bonds is 6. The number of para-hydroxylation sites is 1. The molecule has 1 N–H and O–H groups in total. The van der Waals surface area contributed by atoms with E-state index >= 15 is 0 Å². The van der Waals surface area contributed by atoms with E-state index < -0.39 is 0 Å². The van der Waals surface area contributed by atoms with Gasteiger partial charge in [-0.15, -0.1) is 0 Å². The van der Waals surface area contributed by atoms with Gasteiger partial charge in [0, 0.05) is 0 Å². The molecule has 0 unspecified atom stereocenters. The molecule has 0 aliphatic rings. The molecule has 1 atom stereocenters. The molecule has 0 aromatic heterocycles. The third-order valence-corrected chi connectivity index (χ3v) is 2.77. The average molecular weight is 273 g/mol. The van der Waals surface area contributed by atoms with Gasteiger partial charge in [-0.2, -0.15) is 0 Å². The third kappa shape index (κ3) is 5.19. The largest absolute Gasteiger partial charge is 0.492 e. The fourth-order valence-corrected chi connectivity index (χ4v) is 1.68. The van der Waals surface area contributed by atoms with Crippen LogP contribution in [-0.4, -0.2) is 17.8 Å². The first-order chi connectivity index (χ1) is 7.20. The van der Waals surface area contributed by atoms with Crippen molar-refractivity contribution in [3.05, 3.63) is 28.7 Å². The zero-order valence-electron chi connectivity index (χ0n) is 8.95. The van der Waals surface area contributed by atoms with Crippen LogP contribution in [0.3, 0.4) is 0 Å². The summed E-state index contributed by atoms with van der Waals surface area (Å²) in [4.78, 5) is 0. The highest BCUT2D eigenvalue weighted by molar-refractivity contribution is 9.10. The lowest BCUT2D eigenvalue weighted by Crippen LogP contribution is -2.02. The zero-order chi connectivity index (χ0) is 11.1. The van der Waals surface area contributed by atoms with E-state index in [0.717, 1.165) is 29.5 Å². The van der Waals surface area contributed by atoms with Crippen molar-refractivity contribution in [1.82, 2.24) is 0 Å². The molecule has 0 saturated carbocycles. The van der Waals surface area contributed by atoms with E-state index in [1.807, 2.05) is 31.2 Å². The molecular weight excluding hydrogens is 256 g/mol. The van der Waals surface area contributed by atoms with Gasteiger partial charge in [0.25, 0.3) is 0 Å². The number of hydrogen-bond donors (Lipinski definition) is 1. The molecule has 1 aromatic carbocycles. The van der Waals surface area contributed by atoms with Crippen LogP contribution in [0, 0.1) is 0 Å². The molecule has 0 heterocycles. The number of benzene rings is 1. The summed E-state index contributed by atoms with van der Waals surface area (Å²) in [6.45, 7) is 2.52. The summed E-state index contributed by atoms with van der Waals surface area (Å²) in [7, 11) is 0. The topological polar surface area (TPSA) is 29.5 Å². The maximum Gasteiger partial charge on any atom is 0.133 e. The number of halogens is 1. The van der Waals surface area contributed by atoms with E-state index in [-0.39, 0.29) is 6.10 Å². The van der Waals surface area contributed by atoms with Gasteiger partial charge in [-0.3, -0.25) is 0 Å². The summed E-state index contributed by atoms with van der Waals surface area (Å²) in [6.07, 6.45) is 2.63. The van der Waals surface area contributed by atoms with E-state index in [0.29, 0.717) is 6.61 Å². The van der Waals surface area contributed by atoms with Gasteiger partial charge in [-0.05, 0) is 54.2 Å². The van der Waals surface area contributed by atoms with E-state index in [1.54, 1.807) is 0 Å². The normalized spacial score (nSPS) is 12.5. The summed E-state index contributed by atoms with van der Waals surface area (Å²) < 4.78 is 6.58. The van der Waals surface area contributed by atoms with Crippen molar-refractivity contribution < 1.29 is 9.84 Å². The van der Waals surface area contributed by atoms with Crippen LogP contribution < -0.4 is 4.74 Å². The molecule has 0 fully saturated rings. The molecule has 0 spiro atoms. The quantitative estimate of drug-likeness (QED) is 0.805. The van der Waals surface area contributed by atoms with Crippen LogP contribution in [0.15, 0.2) is 28.7 Å². The minimum absolute atomic E-state index is 0.200. The van der Waals surface area contributed by atoms with Gasteiger partial charge in [0.15, 0.2) is 0 Å². The fourth-order valence-electron chi connectivity index (χ4n) is 1.29. The Balaban J connectivity index is 2.18. The predicted molar refractivity (Wildman–Crippen MR) is 65.2 cm³/mol. The smallest absolute Gasteiger partial charge is 0.133 e. The lowest BCUT2D eigenvalue weighted by Gasteiger charge is -2.08. The van der Waals surface area contributed by atoms with Crippen molar-refractivity contribution in [3.8, 4) is 5.75 Å². The second kappa shape index (κ2) is 6.85. The number of aliphatic hydroxyl groups is 1. The first-order valence-corrected chi connectivity index (χ1v) is 6.05. The highest BCUT2D eigenvalue weighted by atomic mass is 79.9. The molecular formula is C12H17BrO2. The molecule has 0 aliphatic carbocycles. The standard InChI is InChI=1S/C12H17BrO2/c1-10(14)6-4-5-9-15-12-8-3-2-7-11(12)13/h2-3,7-8,10,14H,4-6,9H2,1H3/t10-/m0/s1. The molecule has 0 bridgehead atoms. The Kier molecular flexibility index (Phi) is 5.73. The second-order valence-corrected chi connectivity index (χ2v) is 4.48. The van der Waals surface area contributed by atoms with Crippen molar-refractivity contribution in [1.29, 1.82) is 0 Å². The summed E-state index contributed by atoms with van der Waals surface area (Å²) in [5, 5.41) is 9.06. The van der Waals surface area contributed by atoms with Crippen molar-refractivity contribution >= 4 is 15.9 Å². The van der Waals surface area contributed by atoms with Crippen LogP contribution in [0.2, 0.25) is 0 Å². The Bertz CT molecular complexity index is 287. The lowest BCUT2D eigenvalue weighted by molar-refractivity contribution is 0.177. The Morgan fingerprint density at radius 2 is 2.07 bits per heavy atom. The number of aliphatic hydroxyl groups excluding tert-OH is 1. The average Bonchev–Trinajstić information content (AvgIpc) is 2.20. The Labute approximate surface area is 99.4 Å². The highest BCUT2D eigenvalue weighted by Crippen LogP contribution is 2.23. The molecule has 0 amide bonds. The number of ether oxygens (including phenoxy) is 1. The van der Waals surface area contributed by atoms with Gasteiger partial charge in [0.05, 0.1) is 17.2 Å². The second-order valence-electron chi connectivity index (χ2n) is 3.62. The Hall–Kier alpha value is -0.540. The van der Waals surface area contributed by atoms with Crippen molar-refractivity contribution in [2.75, 3.05) is 6.61 Å². The minimum Gasteiger partial charge on any atom is -0.492 e. The van der Waals surface area contributed by atoms with Gasteiger partial charge in [0.2, 0.25) is 0 Å². The van der Waals surface area contributed by atoms with E-state index in [9.17, 15) is 0 Å². The lowest BCUT2D eigenvalue weighted by atomic mass is 10.2. The molecule has 3 heteroatoms. The molecule has 0 radical (unpaired) electrons.